The molecule has 3 N–H and O–H groups in total. The number of aliphatic hydroxyl groups excluding tert-OH is 1. The molecule has 100 valence electrons. The van der Waals surface area contributed by atoms with Gasteiger partial charge in [0.05, 0.1) is 10.9 Å². The summed E-state index contributed by atoms with van der Waals surface area (Å²) >= 11 is 7.15. The number of nitrogens with zero attached hydrogens (tertiary/aromatic N) is 1. The fraction of sp³-hybridized carbons (Fsp3) is 0.364. The molecule has 0 saturated heterocycles. The predicted octanol–water partition coefficient (Wildman–Crippen LogP) is 1.85. The monoisotopic (exact) mass is 399 g/mol. The number of halogens is 2. The van der Waals surface area contributed by atoms with Crippen LogP contribution in [0.1, 0.15) is 11.0 Å². The fourth-order valence-corrected chi connectivity index (χ4v) is 2.20. The number of hydrogen-bond acceptors (Lipinski definition) is 3. The van der Waals surface area contributed by atoms with Gasteiger partial charge in [0.15, 0.2) is 5.96 Å². The fourth-order valence-electron chi connectivity index (χ4n) is 1.16. The maximum Gasteiger partial charge on any atom is 0.191 e. The van der Waals surface area contributed by atoms with Crippen molar-refractivity contribution in [3.63, 3.8) is 0 Å². The predicted molar refractivity (Wildman–Crippen MR) is 87.9 cm³/mol. The summed E-state index contributed by atoms with van der Waals surface area (Å²) in [5, 5.41) is 15.7. The van der Waals surface area contributed by atoms with Crippen molar-refractivity contribution < 1.29 is 5.11 Å². The molecule has 1 unspecified atom stereocenters. The number of nitrogens with one attached hydrogen (secondary N) is 2. The molecule has 1 atom stereocenters. The van der Waals surface area contributed by atoms with E-state index in [4.69, 9.17) is 18.0 Å². The first-order valence-corrected chi connectivity index (χ1v) is 6.18. The Morgan fingerprint density at radius 3 is 2.83 bits per heavy atom. The molecule has 0 spiro atoms. The Bertz CT molecular complexity index is 430. The van der Waals surface area contributed by atoms with Crippen LogP contribution in [-0.4, -0.2) is 31.2 Å². The Morgan fingerprint density at radius 1 is 1.61 bits per heavy atom. The molecular formula is C11H15ClIN3OS. The van der Waals surface area contributed by atoms with Crippen LogP contribution in [-0.2, 0) is 0 Å². The van der Waals surface area contributed by atoms with Crippen LogP contribution in [0.5, 0.6) is 0 Å². The maximum atomic E-state index is 9.87. The maximum absolute atomic E-state index is 9.87. The molecule has 0 amide bonds. The third kappa shape index (κ3) is 5.91. The third-order valence-corrected chi connectivity index (χ3v) is 3.30. The number of rotatable bonds is 4. The lowest BCUT2D eigenvalue weighted by Gasteiger charge is -2.13. The van der Waals surface area contributed by atoms with E-state index in [1.807, 2.05) is 0 Å². The van der Waals surface area contributed by atoms with Crippen molar-refractivity contribution in [2.45, 2.75) is 6.10 Å². The minimum atomic E-state index is -0.614. The molecule has 1 rings (SSSR count). The van der Waals surface area contributed by atoms with Crippen LogP contribution in [0.3, 0.4) is 0 Å². The van der Waals surface area contributed by atoms with Gasteiger partial charge in [-0.3, -0.25) is 4.99 Å². The Balaban J connectivity index is 0.00000289. The second-order valence-corrected chi connectivity index (χ2v) is 4.92. The molecule has 4 nitrogen and oxygen atoms in total. The average Bonchev–Trinajstić information content (AvgIpc) is 2.76. The van der Waals surface area contributed by atoms with Gasteiger partial charge in [0.25, 0.3) is 0 Å². The number of terminal acetylenes is 1. The van der Waals surface area contributed by atoms with Gasteiger partial charge >= 0.3 is 0 Å². The van der Waals surface area contributed by atoms with E-state index in [0.29, 0.717) is 23.4 Å². The van der Waals surface area contributed by atoms with Gasteiger partial charge in [-0.05, 0) is 12.1 Å². The van der Waals surface area contributed by atoms with Crippen molar-refractivity contribution in [3.05, 3.63) is 21.3 Å². The van der Waals surface area contributed by atoms with Crippen LogP contribution in [0, 0.1) is 12.3 Å². The third-order valence-electron chi connectivity index (χ3n) is 1.97. The Kier molecular flexibility index (Phi) is 9.18. The van der Waals surface area contributed by atoms with Gasteiger partial charge in [-0.2, -0.15) is 0 Å². The molecule has 0 aliphatic heterocycles. The normalized spacial score (nSPS) is 12.2. The quantitative estimate of drug-likeness (QED) is 0.313. The van der Waals surface area contributed by atoms with Gasteiger partial charge in [-0.25, -0.2) is 0 Å². The Morgan fingerprint density at radius 2 is 2.33 bits per heavy atom. The highest BCUT2D eigenvalue weighted by Crippen LogP contribution is 2.26. The highest BCUT2D eigenvalue weighted by molar-refractivity contribution is 14.0. The smallest absolute Gasteiger partial charge is 0.191 e. The summed E-state index contributed by atoms with van der Waals surface area (Å²) in [5.41, 5.74) is 0. The lowest BCUT2D eigenvalue weighted by atomic mass is 10.3. The van der Waals surface area contributed by atoms with Crippen LogP contribution < -0.4 is 10.6 Å². The van der Waals surface area contributed by atoms with E-state index >= 15 is 0 Å². The first kappa shape index (κ1) is 17.5. The summed E-state index contributed by atoms with van der Waals surface area (Å²) in [6.07, 6.45) is 4.51. The van der Waals surface area contributed by atoms with Crippen molar-refractivity contribution in [2.75, 3.05) is 20.1 Å². The van der Waals surface area contributed by atoms with Gasteiger partial charge in [0.2, 0.25) is 0 Å². The van der Waals surface area contributed by atoms with E-state index in [1.54, 1.807) is 19.2 Å². The molecule has 0 aromatic carbocycles. The first-order chi connectivity index (χ1) is 8.17. The van der Waals surface area contributed by atoms with E-state index < -0.39 is 6.10 Å². The van der Waals surface area contributed by atoms with E-state index in [9.17, 15) is 5.11 Å². The number of thiophene rings is 1. The Labute approximate surface area is 133 Å². The second kappa shape index (κ2) is 9.44. The van der Waals surface area contributed by atoms with Crippen LogP contribution in [0.4, 0.5) is 0 Å². The summed E-state index contributed by atoms with van der Waals surface area (Å²) in [6, 6.07) is 3.56. The van der Waals surface area contributed by atoms with E-state index in [-0.39, 0.29) is 24.0 Å². The van der Waals surface area contributed by atoms with Gasteiger partial charge in [0.1, 0.15) is 6.10 Å². The number of guanidine groups is 1. The molecule has 0 aliphatic rings. The topological polar surface area (TPSA) is 56.7 Å². The molecule has 1 aromatic heterocycles. The summed E-state index contributed by atoms with van der Waals surface area (Å²) in [7, 11) is 1.64. The van der Waals surface area contributed by atoms with Crippen molar-refractivity contribution in [1.29, 1.82) is 0 Å². The zero-order valence-electron chi connectivity index (χ0n) is 9.81. The van der Waals surface area contributed by atoms with Crippen molar-refractivity contribution in [1.82, 2.24) is 10.6 Å². The van der Waals surface area contributed by atoms with Crippen LogP contribution in [0.15, 0.2) is 17.1 Å². The molecule has 0 fully saturated rings. The van der Waals surface area contributed by atoms with Gasteiger partial charge in [-0.1, -0.05) is 17.5 Å². The first-order valence-electron chi connectivity index (χ1n) is 4.98. The minimum absolute atomic E-state index is 0. The molecule has 1 heterocycles. The number of aliphatic imine (C=N–C) groups is 1. The number of aliphatic hydroxyl groups is 1. The SMILES string of the molecule is C#CCNC(=NC)NCC(O)c1ccc(Cl)s1.I. The number of hydrogen-bond donors (Lipinski definition) is 3. The van der Waals surface area contributed by atoms with Gasteiger partial charge in [-0.15, -0.1) is 41.7 Å². The van der Waals surface area contributed by atoms with Gasteiger partial charge in [0, 0.05) is 18.5 Å². The molecule has 18 heavy (non-hydrogen) atoms. The largest absolute Gasteiger partial charge is 0.386 e. The zero-order valence-corrected chi connectivity index (χ0v) is 13.7. The average molecular weight is 400 g/mol. The van der Waals surface area contributed by atoms with E-state index in [2.05, 4.69) is 21.5 Å². The van der Waals surface area contributed by atoms with Crippen molar-refractivity contribution in [2.24, 2.45) is 4.99 Å². The molecule has 7 heteroatoms. The highest BCUT2D eigenvalue weighted by atomic mass is 127. The van der Waals surface area contributed by atoms with Gasteiger partial charge < -0.3 is 15.7 Å². The highest BCUT2D eigenvalue weighted by Gasteiger charge is 2.10. The molecule has 0 saturated carbocycles. The zero-order chi connectivity index (χ0) is 12.7. The molecule has 1 aromatic rings. The summed E-state index contributed by atoms with van der Waals surface area (Å²) in [4.78, 5) is 4.78. The van der Waals surface area contributed by atoms with Crippen LogP contribution in [0.25, 0.3) is 0 Å². The molecule has 0 bridgehead atoms. The standard InChI is InChI=1S/C11H14ClN3OS.HI/c1-3-6-14-11(13-2)15-7-8(16)9-4-5-10(12)17-9;/h1,4-5,8,16H,6-7H2,2H3,(H2,13,14,15);1H. The minimum Gasteiger partial charge on any atom is -0.386 e. The summed E-state index contributed by atoms with van der Waals surface area (Å²) < 4.78 is 0.661. The Hall–Kier alpha value is -0.490. The summed E-state index contributed by atoms with van der Waals surface area (Å²) in [5.74, 6) is 3.01. The van der Waals surface area contributed by atoms with E-state index in [1.165, 1.54) is 11.3 Å². The van der Waals surface area contributed by atoms with Crippen LogP contribution in [0.2, 0.25) is 4.34 Å². The van der Waals surface area contributed by atoms with E-state index in [0.717, 1.165) is 4.88 Å². The molecule has 0 radical (unpaired) electrons. The van der Waals surface area contributed by atoms with Crippen molar-refractivity contribution >= 4 is 52.9 Å². The lowest BCUT2D eigenvalue weighted by Crippen LogP contribution is -2.39. The van der Waals surface area contributed by atoms with Crippen molar-refractivity contribution in [3.8, 4) is 12.3 Å². The molecular weight excluding hydrogens is 385 g/mol. The van der Waals surface area contributed by atoms with Crippen LogP contribution >= 0.6 is 46.9 Å². The lowest BCUT2D eigenvalue weighted by molar-refractivity contribution is 0.184. The summed E-state index contributed by atoms with van der Waals surface area (Å²) in [6.45, 7) is 0.738. The second-order valence-electron chi connectivity index (χ2n) is 3.17. The molecule has 0 aliphatic carbocycles.